The third kappa shape index (κ3) is 5.38. The average molecular weight is 587 g/mol. The van der Waals surface area contributed by atoms with E-state index in [1.165, 1.54) is 11.1 Å². The monoisotopic (exact) mass is 586 g/mol. The molecule has 38 heavy (non-hydrogen) atoms. The molecule has 4 aromatic carbocycles. The zero-order valence-corrected chi connectivity index (χ0v) is 22.5. The molecule has 188 valence electrons. The maximum Gasteiger partial charge on any atom is 2.00 e. The van der Waals surface area contributed by atoms with Crippen molar-refractivity contribution in [1.82, 2.24) is 19.6 Å². The maximum absolute atomic E-state index is 6.10. The molecule has 0 radical (unpaired) electrons. The summed E-state index contributed by atoms with van der Waals surface area (Å²) in [5.74, 6) is 1.18. The predicted octanol–water partition coefficient (Wildman–Crippen LogP) is 7.40. The Morgan fingerprint density at radius 3 is 1.92 bits per heavy atom. The summed E-state index contributed by atoms with van der Waals surface area (Å²) in [5.41, 5.74) is 8.16. The van der Waals surface area contributed by atoms with Crippen LogP contribution in [-0.2, 0) is 20.4 Å². The minimum Gasteiger partial charge on any atom is -0.509 e. The summed E-state index contributed by atoms with van der Waals surface area (Å²) in [7, 11) is 0. The smallest absolute Gasteiger partial charge is 0.509 e. The molecule has 0 atom stereocenters. The number of hydrogen-bond acceptors (Lipinski definition) is 3. The summed E-state index contributed by atoms with van der Waals surface area (Å²) in [6.07, 6.45) is 3.87. The summed E-state index contributed by atoms with van der Waals surface area (Å²) in [6, 6.07) is 39.1. The number of rotatable bonds is 6. The van der Waals surface area contributed by atoms with Gasteiger partial charge in [0.1, 0.15) is 0 Å². The van der Waals surface area contributed by atoms with Gasteiger partial charge < -0.3 is 4.74 Å². The second-order valence-electron chi connectivity index (χ2n) is 8.86. The molecular weight excluding hydrogens is 563 g/mol. The van der Waals surface area contributed by atoms with Gasteiger partial charge in [0.05, 0.1) is 11.9 Å². The van der Waals surface area contributed by atoms with Crippen LogP contribution in [0.15, 0.2) is 109 Å². The third-order valence-electron chi connectivity index (χ3n) is 6.12. The summed E-state index contributed by atoms with van der Waals surface area (Å²) < 4.78 is 9.77. The minimum atomic E-state index is 0. The van der Waals surface area contributed by atoms with Crippen LogP contribution in [0.5, 0.6) is 11.5 Å². The summed E-state index contributed by atoms with van der Waals surface area (Å²) in [5, 5.41) is 9.11. The van der Waals surface area contributed by atoms with E-state index in [9.17, 15) is 0 Å². The Labute approximate surface area is 236 Å². The molecule has 0 amide bonds. The molecule has 0 aliphatic rings. The van der Waals surface area contributed by atoms with Crippen LogP contribution < -0.4 is 4.74 Å². The molecule has 0 N–H and O–H groups in total. The molecule has 0 spiro atoms. The molecule has 0 saturated carbocycles. The van der Waals surface area contributed by atoms with Crippen LogP contribution in [0.3, 0.4) is 0 Å². The molecule has 0 bridgehead atoms. The van der Waals surface area contributed by atoms with Gasteiger partial charge in [0, 0.05) is 29.0 Å². The fraction of sp³-hybridized carbons (Fsp3) is 0.0625. The first-order valence-electron chi connectivity index (χ1n) is 12.1. The Balaban J connectivity index is 0.00000294. The van der Waals surface area contributed by atoms with Crippen LogP contribution in [0, 0.1) is 26.0 Å². The van der Waals surface area contributed by atoms with Crippen LogP contribution in [-0.4, -0.2) is 19.6 Å². The molecule has 6 aromatic rings. The van der Waals surface area contributed by atoms with Crippen molar-refractivity contribution >= 4 is 0 Å². The van der Waals surface area contributed by atoms with Crippen LogP contribution in [0.1, 0.15) is 11.4 Å². The van der Waals surface area contributed by atoms with Crippen LogP contribution >= 0.6 is 0 Å². The molecule has 0 saturated heterocycles. The molecular formula is C32H24N4OPd. The molecule has 0 unspecified atom stereocenters. The quantitative estimate of drug-likeness (QED) is 0.151. The first kappa shape index (κ1) is 25.4. The van der Waals surface area contributed by atoms with E-state index in [1.807, 2.05) is 84.1 Å². The largest absolute Gasteiger partial charge is 2.00 e. The Bertz CT molecular complexity index is 1670. The first-order chi connectivity index (χ1) is 18.1. The van der Waals surface area contributed by atoms with Crippen molar-refractivity contribution in [3.05, 3.63) is 133 Å². The molecule has 0 aliphatic heterocycles. The molecule has 2 aromatic heterocycles. The van der Waals surface area contributed by atoms with Gasteiger partial charge >= 0.3 is 20.4 Å². The fourth-order valence-corrected chi connectivity index (χ4v) is 4.33. The SMILES string of the molecule is Cc1cc(C)n(-c2[c-]c(Oc3[c-]c(-n4cc(-c5ccc(-c6ccccc6)cc5)cn4)ccc3)ccc2)n1.[Pd+2]. The number of aryl methyl sites for hydroxylation is 2. The second-order valence-corrected chi connectivity index (χ2v) is 8.86. The van der Waals surface area contributed by atoms with Gasteiger partial charge in [0.25, 0.3) is 0 Å². The van der Waals surface area contributed by atoms with Crippen LogP contribution in [0.2, 0.25) is 0 Å². The molecule has 5 nitrogen and oxygen atoms in total. The number of nitrogens with zero attached hydrogens (tertiary/aromatic N) is 4. The number of ether oxygens (including phenoxy) is 1. The van der Waals surface area contributed by atoms with E-state index in [-0.39, 0.29) is 20.4 Å². The van der Waals surface area contributed by atoms with Crippen molar-refractivity contribution in [1.29, 1.82) is 0 Å². The van der Waals surface area contributed by atoms with Gasteiger partial charge in [-0.1, -0.05) is 54.6 Å². The van der Waals surface area contributed by atoms with E-state index >= 15 is 0 Å². The van der Waals surface area contributed by atoms with Crippen molar-refractivity contribution in [2.24, 2.45) is 0 Å². The number of benzene rings is 4. The van der Waals surface area contributed by atoms with E-state index in [0.29, 0.717) is 11.5 Å². The van der Waals surface area contributed by atoms with Gasteiger partial charge in [-0.05, 0) is 48.0 Å². The molecule has 6 rings (SSSR count). The van der Waals surface area contributed by atoms with E-state index in [4.69, 9.17) is 4.74 Å². The minimum absolute atomic E-state index is 0. The van der Waals surface area contributed by atoms with Crippen molar-refractivity contribution in [2.75, 3.05) is 0 Å². The van der Waals surface area contributed by atoms with Gasteiger partial charge in [0.15, 0.2) is 0 Å². The summed E-state index contributed by atoms with van der Waals surface area (Å²) >= 11 is 0. The first-order valence-corrected chi connectivity index (χ1v) is 12.1. The van der Waals surface area contributed by atoms with E-state index in [2.05, 4.69) is 70.9 Å². The van der Waals surface area contributed by atoms with E-state index in [0.717, 1.165) is 33.9 Å². The van der Waals surface area contributed by atoms with Crippen molar-refractivity contribution in [2.45, 2.75) is 13.8 Å². The zero-order valence-electron chi connectivity index (χ0n) is 20.9. The molecule has 6 heteroatoms. The standard InChI is InChI=1S/C32H24N4O.Pd/c1-23-18-24(2)36(34-23)30-11-7-13-32(20-30)37-31-12-6-10-29(19-31)35-22-28(21-33-35)27-16-14-26(15-17-27)25-8-4-3-5-9-25;/h3-18,21-22H,1-2H3;/q-2;+2. The zero-order chi connectivity index (χ0) is 25.2. The van der Waals surface area contributed by atoms with Crippen molar-refractivity contribution in [3.63, 3.8) is 0 Å². The fourth-order valence-electron chi connectivity index (χ4n) is 4.33. The molecule has 2 heterocycles. The Hall–Kier alpha value is -4.24. The predicted molar refractivity (Wildman–Crippen MR) is 145 cm³/mol. The maximum atomic E-state index is 6.10. The second kappa shape index (κ2) is 11.0. The van der Waals surface area contributed by atoms with Gasteiger partial charge in [-0.2, -0.15) is 22.3 Å². The third-order valence-corrected chi connectivity index (χ3v) is 6.12. The number of aromatic nitrogens is 4. The molecule has 0 aliphatic carbocycles. The van der Waals surface area contributed by atoms with E-state index in [1.54, 1.807) is 0 Å². The van der Waals surface area contributed by atoms with Gasteiger partial charge in [-0.15, -0.1) is 36.4 Å². The Kier molecular flexibility index (Phi) is 7.37. The molecule has 0 fully saturated rings. The Morgan fingerprint density at radius 1 is 0.658 bits per heavy atom. The Morgan fingerprint density at radius 2 is 1.26 bits per heavy atom. The van der Waals surface area contributed by atoms with E-state index < -0.39 is 0 Å². The average Bonchev–Trinajstić information content (AvgIpc) is 3.56. The topological polar surface area (TPSA) is 44.9 Å². The normalized spacial score (nSPS) is 10.7. The van der Waals surface area contributed by atoms with Crippen molar-refractivity contribution < 1.29 is 25.2 Å². The van der Waals surface area contributed by atoms with Gasteiger partial charge in [0.2, 0.25) is 0 Å². The van der Waals surface area contributed by atoms with Gasteiger partial charge in [-0.3, -0.25) is 9.36 Å². The summed E-state index contributed by atoms with van der Waals surface area (Å²) in [6.45, 7) is 4.00. The van der Waals surface area contributed by atoms with Crippen molar-refractivity contribution in [3.8, 4) is 45.1 Å². The number of hydrogen-bond donors (Lipinski definition) is 0. The van der Waals surface area contributed by atoms with Crippen LogP contribution in [0.4, 0.5) is 0 Å². The van der Waals surface area contributed by atoms with Gasteiger partial charge in [-0.25, -0.2) is 0 Å². The van der Waals surface area contributed by atoms with Crippen LogP contribution in [0.25, 0.3) is 33.6 Å². The summed E-state index contributed by atoms with van der Waals surface area (Å²) in [4.78, 5) is 0.